The van der Waals surface area contributed by atoms with E-state index in [4.69, 9.17) is 16.3 Å². The van der Waals surface area contributed by atoms with Crippen molar-refractivity contribution in [3.63, 3.8) is 0 Å². The molecule has 104 valence electrons. The summed E-state index contributed by atoms with van der Waals surface area (Å²) in [4.78, 5) is 13.3. The van der Waals surface area contributed by atoms with Crippen molar-refractivity contribution in [1.29, 1.82) is 0 Å². The van der Waals surface area contributed by atoms with E-state index in [0.29, 0.717) is 19.7 Å². The summed E-state index contributed by atoms with van der Waals surface area (Å²) in [7, 11) is 0. The lowest BCUT2D eigenvalue weighted by Gasteiger charge is -2.19. The number of carbonyl (C=O) groups is 1. The Bertz CT molecular complexity index is 451. The first-order valence-corrected chi connectivity index (χ1v) is 6.37. The number of ether oxygens (including phenoxy) is 1. The fourth-order valence-corrected chi connectivity index (χ4v) is 1.86. The summed E-state index contributed by atoms with van der Waals surface area (Å²) in [5.74, 6) is -0.747. The molecule has 0 saturated carbocycles. The van der Waals surface area contributed by atoms with Crippen LogP contribution in [0.25, 0.3) is 0 Å². The van der Waals surface area contributed by atoms with E-state index in [1.807, 2.05) is 4.90 Å². The Morgan fingerprint density at radius 3 is 2.89 bits per heavy atom. The maximum Gasteiger partial charge on any atom is 0.320 e. The number of esters is 1. The molecule has 0 amide bonds. The minimum atomic E-state index is -0.453. The van der Waals surface area contributed by atoms with Crippen LogP contribution in [0.1, 0.15) is 12.5 Å². The Morgan fingerprint density at radius 1 is 1.58 bits per heavy atom. The zero-order valence-corrected chi connectivity index (χ0v) is 11.6. The molecule has 0 saturated heterocycles. The number of rotatable bonds is 7. The highest BCUT2D eigenvalue weighted by Gasteiger charge is 2.11. The second-order valence-electron chi connectivity index (χ2n) is 4.01. The van der Waals surface area contributed by atoms with Crippen LogP contribution in [0.2, 0.25) is 5.02 Å². The predicted octanol–water partition coefficient (Wildman–Crippen LogP) is 3.03. The van der Waals surface area contributed by atoms with Gasteiger partial charge in [0.15, 0.2) is 0 Å². The Kier molecular flexibility index (Phi) is 6.53. The molecule has 0 atom stereocenters. The Balaban J connectivity index is 2.68. The van der Waals surface area contributed by atoms with Gasteiger partial charge in [-0.25, -0.2) is 4.39 Å². The van der Waals surface area contributed by atoms with Gasteiger partial charge in [-0.15, -0.1) is 6.58 Å². The Hall–Kier alpha value is -1.39. The molecule has 0 radical (unpaired) electrons. The van der Waals surface area contributed by atoms with Crippen LogP contribution in [0.4, 0.5) is 4.39 Å². The van der Waals surface area contributed by atoms with Crippen LogP contribution < -0.4 is 0 Å². The first-order valence-electron chi connectivity index (χ1n) is 5.99. The third-order valence-electron chi connectivity index (χ3n) is 2.44. The van der Waals surface area contributed by atoms with Gasteiger partial charge in [0.1, 0.15) is 5.82 Å². The largest absolute Gasteiger partial charge is 0.465 e. The lowest BCUT2D eigenvalue weighted by atomic mass is 10.2. The molecule has 0 bridgehead atoms. The van der Waals surface area contributed by atoms with E-state index in [2.05, 4.69) is 6.58 Å². The first-order chi connectivity index (χ1) is 9.06. The number of nitrogens with zero attached hydrogens (tertiary/aromatic N) is 1. The van der Waals surface area contributed by atoms with Crippen LogP contribution in [0.3, 0.4) is 0 Å². The van der Waals surface area contributed by atoms with E-state index < -0.39 is 5.82 Å². The molecule has 0 aliphatic rings. The number of carbonyl (C=O) groups excluding carboxylic acids is 1. The number of hydrogen-bond donors (Lipinski definition) is 0. The van der Waals surface area contributed by atoms with E-state index >= 15 is 0 Å². The number of hydrogen-bond acceptors (Lipinski definition) is 3. The van der Waals surface area contributed by atoms with Gasteiger partial charge >= 0.3 is 5.97 Å². The fraction of sp³-hybridized carbons (Fsp3) is 0.357. The molecule has 0 heterocycles. The number of halogens is 2. The SMILES string of the molecule is C=CCN(CC(=O)OCC)Cc1ccc(F)c(Cl)c1. The van der Waals surface area contributed by atoms with E-state index in [1.165, 1.54) is 6.07 Å². The summed E-state index contributed by atoms with van der Waals surface area (Å²) in [6, 6.07) is 4.51. The molecule has 3 nitrogen and oxygen atoms in total. The molecule has 1 aromatic carbocycles. The molecule has 1 aromatic rings. The van der Waals surface area contributed by atoms with Gasteiger partial charge < -0.3 is 4.74 Å². The van der Waals surface area contributed by atoms with Crippen molar-refractivity contribution < 1.29 is 13.9 Å². The average Bonchev–Trinajstić information content (AvgIpc) is 2.34. The standard InChI is InChI=1S/C14H17ClFNO2/c1-3-7-17(10-14(18)19-4-2)9-11-5-6-13(16)12(15)8-11/h3,5-6,8H,1,4,7,9-10H2,2H3. The molecule has 0 aliphatic carbocycles. The Labute approximate surface area is 117 Å². The highest BCUT2D eigenvalue weighted by molar-refractivity contribution is 6.30. The summed E-state index contributed by atoms with van der Waals surface area (Å²) < 4.78 is 18.0. The summed E-state index contributed by atoms with van der Waals surface area (Å²) >= 11 is 5.72. The van der Waals surface area contributed by atoms with E-state index in [9.17, 15) is 9.18 Å². The summed E-state index contributed by atoms with van der Waals surface area (Å²) in [5.41, 5.74) is 0.831. The lowest BCUT2D eigenvalue weighted by Crippen LogP contribution is -2.30. The highest BCUT2D eigenvalue weighted by Crippen LogP contribution is 2.17. The average molecular weight is 286 g/mol. The first kappa shape index (κ1) is 15.7. The van der Waals surface area contributed by atoms with Gasteiger partial charge in [-0.3, -0.25) is 9.69 Å². The minimum absolute atomic E-state index is 0.0761. The summed E-state index contributed by atoms with van der Waals surface area (Å²) in [5, 5.41) is 0.0761. The van der Waals surface area contributed by atoms with Crippen LogP contribution in [-0.2, 0) is 16.1 Å². The van der Waals surface area contributed by atoms with E-state index in [0.717, 1.165) is 5.56 Å². The number of benzene rings is 1. The molecule has 1 rings (SSSR count). The van der Waals surface area contributed by atoms with Gasteiger partial charge in [0.05, 0.1) is 18.2 Å². The molecule has 19 heavy (non-hydrogen) atoms. The highest BCUT2D eigenvalue weighted by atomic mass is 35.5. The molecule has 0 unspecified atom stereocenters. The third kappa shape index (κ3) is 5.41. The maximum atomic E-state index is 13.1. The second-order valence-corrected chi connectivity index (χ2v) is 4.42. The van der Waals surface area contributed by atoms with Gasteiger partial charge in [0.25, 0.3) is 0 Å². The van der Waals surface area contributed by atoms with Crippen molar-refractivity contribution in [3.05, 3.63) is 47.3 Å². The summed E-state index contributed by atoms with van der Waals surface area (Å²) in [6.07, 6.45) is 1.70. The fourth-order valence-electron chi connectivity index (χ4n) is 1.65. The van der Waals surface area contributed by atoms with Crippen molar-refractivity contribution in [1.82, 2.24) is 4.90 Å². The molecule has 0 N–H and O–H groups in total. The maximum absolute atomic E-state index is 13.1. The smallest absolute Gasteiger partial charge is 0.320 e. The van der Waals surface area contributed by atoms with Crippen LogP contribution in [0, 0.1) is 5.82 Å². The normalized spacial score (nSPS) is 10.5. The summed E-state index contributed by atoms with van der Waals surface area (Å²) in [6.45, 7) is 6.93. The van der Waals surface area contributed by atoms with Gasteiger partial charge in [0.2, 0.25) is 0 Å². The van der Waals surface area contributed by atoms with Crippen LogP contribution in [-0.4, -0.2) is 30.6 Å². The van der Waals surface area contributed by atoms with E-state index in [1.54, 1.807) is 25.1 Å². The quantitative estimate of drug-likeness (QED) is 0.570. The predicted molar refractivity (Wildman–Crippen MR) is 73.5 cm³/mol. The van der Waals surface area contributed by atoms with Gasteiger partial charge in [-0.1, -0.05) is 23.7 Å². The van der Waals surface area contributed by atoms with Gasteiger partial charge in [-0.05, 0) is 24.6 Å². The molecular weight excluding hydrogens is 269 g/mol. The van der Waals surface area contributed by atoms with Crippen molar-refractivity contribution in [3.8, 4) is 0 Å². The Morgan fingerprint density at radius 2 is 2.32 bits per heavy atom. The van der Waals surface area contributed by atoms with E-state index in [-0.39, 0.29) is 17.5 Å². The zero-order chi connectivity index (χ0) is 14.3. The van der Waals surface area contributed by atoms with Crippen molar-refractivity contribution in [2.45, 2.75) is 13.5 Å². The van der Waals surface area contributed by atoms with Crippen molar-refractivity contribution in [2.75, 3.05) is 19.7 Å². The molecule has 5 heteroatoms. The topological polar surface area (TPSA) is 29.5 Å². The molecule has 0 aliphatic heterocycles. The van der Waals surface area contributed by atoms with Crippen LogP contribution >= 0.6 is 11.6 Å². The van der Waals surface area contributed by atoms with Gasteiger partial charge in [-0.2, -0.15) is 0 Å². The second kappa shape index (κ2) is 7.92. The zero-order valence-electron chi connectivity index (χ0n) is 10.9. The lowest BCUT2D eigenvalue weighted by molar-refractivity contribution is -0.144. The molecule has 0 aromatic heterocycles. The van der Waals surface area contributed by atoms with Crippen molar-refractivity contribution in [2.24, 2.45) is 0 Å². The minimum Gasteiger partial charge on any atom is -0.465 e. The monoisotopic (exact) mass is 285 g/mol. The molecule has 0 fully saturated rings. The van der Waals surface area contributed by atoms with Crippen molar-refractivity contribution >= 4 is 17.6 Å². The van der Waals surface area contributed by atoms with Crippen LogP contribution in [0.5, 0.6) is 0 Å². The molecular formula is C14H17ClFNO2. The van der Waals surface area contributed by atoms with Gasteiger partial charge in [0, 0.05) is 13.1 Å². The van der Waals surface area contributed by atoms with Crippen LogP contribution in [0.15, 0.2) is 30.9 Å². The third-order valence-corrected chi connectivity index (χ3v) is 2.73. The molecule has 0 spiro atoms.